The van der Waals surface area contributed by atoms with Crippen molar-refractivity contribution in [2.75, 3.05) is 0 Å². The molecule has 0 saturated heterocycles. The Morgan fingerprint density at radius 1 is 0.857 bits per heavy atom. The predicted molar refractivity (Wildman–Crippen MR) is 64.6 cm³/mol. The van der Waals surface area contributed by atoms with Gasteiger partial charge in [0.15, 0.2) is 0 Å². The number of hydrogen-bond donors (Lipinski definition) is 1. The van der Waals surface area contributed by atoms with Crippen LogP contribution in [0.5, 0.6) is 0 Å². The van der Waals surface area contributed by atoms with E-state index in [1.165, 1.54) is 0 Å². The average Bonchev–Trinajstić information content (AvgIpc) is 2.25. The van der Waals surface area contributed by atoms with Crippen LogP contribution in [0.3, 0.4) is 0 Å². The van der Waals surface area contributed by atoms with Crippen LogP contribution in [0.4, 0.5) is 26.3 Å². The van der Waals surface area contributed by atoms with Gasteiger partial charge in [0.05, 0.1) is 0 Å². The van der Waals surface area contributed by atoms with Gasteiger partial charge in [0.1, 0.15) is 6.29 Å². The van der Waals surface area contributed by atoms with E-state index < -0.39 is 36.2 Å². The largest absolute Gasteiger partial charge is 0.426 e. The fraction of sp³-hybridized carbons (Fsp3) is 0.923. The Kier molecular flexibility index (Phi) is 6.72. The summed E-state index contributed by atoms with van der Waals surface area (Å²) in [6, 6.07) is 0. The van der Waals surface area contributed by atoms with Crippen molar-refractivity contribution < 1.29 is 36.2 Å². The van der Waals surface area contributed by atoms with E-state index in [0.29, 0.717) is 25.5 Å². The molecule has 0 unspecified atom stereocenters. The van der Waals surface area contributed by atoms with Crippen molar-refractivity contribution in [3.05, 3.63) is 0 Å². The molecule has 0 bridgehead atoms. The van der Waals surface area contributed by atoms with E-state index in [9.17, 15) is 31.1 Å². The van der Waals surface area contributed by atoms with Gasteiger partial charge < -0.3 is 9.90 Å². The number of unbranched alkanes of at least 4 members (excludes halogenated alkanes) is 1. The maximum absolute atomic E-state index is 12.5. The second kappa shape index (κ2) is 6.98. The third kappa shape index (κ3) is 5.84. The van der Waals surface area contributed by atoms with Gasteiger partial charge in [-0.15, -0.1) is 0 Å². The minimum absolute atomic E-state index is 0.0975. The summed E-state index contributed by atoms with van der Waals surface area (Å²) in [5.41, 5.74) is -5.15. The SMILES string of the molecule is CC(C)(CCCC=O)CCCC(O)(C(F)(F)F)C(F)(F)F. The van der Waals surface area contributed by atoms with Crippen molar-refractivity contribution in [2.45, 2.75) is 70.3 Å². The number of carbonyl (C=O) groups is 1. The smallest absolute Gasteiger partial charge is 0.374 e. The molecule has 0 aliphatic rings. The van der Waals surface area contributed by atoms with Crippen LogP contribution in [0.15, 0.2) is 0 Å². The lowest BCUT2D eigenvalue weighted by Crippen LogP contribution is -2.56. The fourth-order valence-corrected chi connectivity index (χ4v) is 2.06. The van der Waals surface area contributed by atoms with E-state index in [2.05, 4.69) is 0 Å². The quantitative estimate of drug-likeness (QED) is 0.408. The standard InChI is InChI=1S/C13H20F6O2/c1-10(2,6-3-4-9-20)7-5-8-11(21,12(14,15)16)13(17,18)19/h9,21H,3-8H2,1-2H3. The van der Waals surface area contributed by atoms with E-state index in [1.807, 2.05) is 0 Å². The van der Waals surface area contributed by atoms with Gasteiger partial charge in [-0.2, -0.15) is 26.3 Å². The molecule has 2 nitrogen and oxygen atoms in total. The monoisotopic (exact) mass is 322 g/mol. The lowest BCUT2D eigenvalue weighted by atomic mass is 9.80. The van der Waals surface area contributed by atoms with Gasteiger partial charge in [0, 0.05) is 6.42 Å². The van der Waals surface area contributed by atoms with Crippen LogP contribution in [-0.4, -0.2) is 29.3 Å². The summed E-state index contributed by atoms with van der Waals surface area (Å²) in [5, 5.41) is 9.00. The van der Waals surface area contributed by atoms with E-state index in [-0.39, 0.29) is 6.42 Å². The number of aldehydes is 1. The third-order valence-corrected chi connectivity index (χ3v) is 3.51. The van der Waals surface area contributed by atoms with Gasteiger partial charge in [-0.05, 0) is 37.5 Å². The minimum Gasteiger partial charge on any atom is -0.374 e. The van der Waals surface area contributed by atoms with Gasteiger partial charge in [-0.3, -0.25) is 0 Å². The zero-order valence-electron chi connectivity index (χ0n) is 11.9. The molecule has 0 rings (SSSR count). The molecule has 0 aromatic carbocycles. The number of hydrogen-bond acceptors (Lipinski definition) is 2. The molecule has 0 heterocycles. The summed E-state index contributed by atoms with van der Waals surface area (Å²) >= 11 is 0. The molecule has 0 aromatic rings. The highest BCUT2D eigenvalue weighted by atomic mass is 19.4. The van der Waals surface area contributed by atoms with E-state index >= 15 is 0 Å². The fourth-order valence-electron chi connectivity index (χ4n) is 2.06. The lowest BCUT2D eigenvalue weighted by molar-refractivity contribution is -0.370. The molecule has 21 heavy (non-hydrogen) atoms. The summed E-state index contributed by atoms with van der Waals surface area (Å²) in [4.78, 5) is 10.2. The highest BCUT2D eigenvalue weighted by Crippen LogP contribution is 2.46. The second-order valence-electron chi connectivity index (χ2n) is 5.93. The summed E-state index contributed by atoms with van der Waals surface area (Å²) in [5.74, 6) is 0. The van der Waals surface area contributed by atoms with Crippen molar-refractivity contribution in [1.29, 1.82) is 0 Å². The van der Waals surface area contributed by atoms with Crippen LogP contribution in [0.2, 0.25) is 0 Å². The molecule has 0 saturated carbocycles. The molecule has 0 aromatic heterocycles. The van der Waals surface area contributed by atoms with E-state index in [0.717, 1.165) is 0 Å². The van der Waals surface area contributed by atoms with E-state index in [1.54, 1.807) is 13.8 Å². The lowest BCUT2D eigenvalue weighted by Gasteiger charge is -2.33. The molecule has 8 heteroatoms. The molecule has 0 aliphatic carbocycles. The number of rotatable bonds is 8. The Morgan fingerprint density at radius 2 is 1.29 bits per heavy atom. The Labute approximate surface area is 119 Å². The Morgan fingerprint density at radius 3 is 1.67 bits per heavy atom. The highest BCUT2D eigenvalue weighted by Gasteiger charge is 2.69. The van der Waals surface area contributed by atoms with Gasteiger partial charge in [0.25, 0.3) is 5.60 Å². The molecular formula is C13H20F6O2. The van der Waals surface area contributed by atoms with Crippen molar-refractivity contribution in [2.24, 2.45) is 5.41 Å². The first kappa shape index (κ1) is 20.2. The maximum Gasteiger partial charge on any atom is 0.426 e. The summed E-state index contributed by atoms with van der Waals surface area (Å²) in [6.45, 7) is 3.41. The Bertz CT molecular complexity index is 319. The molecule has 126 valence electrons. The summed E-state index contributed by atoms with van der Waals surface area (Å²) in [7, 11) is 0. The van der Waals surface area contributed by atoms with Crippen molar-refractivity contribution in [3.8, 4) is 0 Å². The molecule has 0 aliphatic heterocycles. The van der Waals surface area contributed by atoms with Gasteiger partial charge in [-0.25, -0.2) is 0 Å². The topological polar surface area (TPSA) is 37.3 Å². The summed E-state index contributed by atoms with van der Waals surface area (Å²) in [6.07, 6.45) is -11.2. The molecule has 0 atom stereocenters. The average molecular weight is 322 g/mol. The second-order valence-corrected chi connectivity index (χ2v) is 5.93. The van der Waals surface area contributed by atoms with Gasteiger partial charge in [0.2, 0.25) is 0 Å². The number of carbonyl (C=O) groups excluding carboxylic acids is 1. The first-order chi connectivity index (χ1) is 9.27. The van der Waals surface area contributed by atoms with Crippen molar-refractivity contribution in [3.63, 3.8) is 0 Å². The zero-order valence-corrected chi connectivity index (χ0v) is 11.9. The number of aliphatic hydroxyl groups is 1. The molecule has 0 radical (unpaired) electrons. The first-order valence-electron chi connectivity index (χ1n) is 6.56. The minimum atomic E-state index is -5.76. The van der Waals surface area contributed by atoms with Gasteiger partial charge in [-0.1, -0.05) is 13.8 Å². The molecular weight excluding hydrogens is 302 g/mol. The van der Waals surface area contributed by atoms with E-state index in [4.69, 9.17) is 5.11 Å². The maximum atomic E-state index is 12.5. The summed E-state index contributed by atoms with van der Waals surface area (Å²) < 4.78 is 74.8. The van der Waals surface area contributed by atoms with Crippen LogP contribution < -0.4 is 0 Å². The molecule has 0 amide bonds. The Balaban J connectivity index is 4.63. The number of halogens is 6. The number of alkyl halides is 6. The normalized spacial score (nSPS) is 14.3. The molecule has 0 fully saturated rings. The predicted octanol–water partition coefficient (Wildman–Crippen LogP) is 4.41. The molecule has 1 N–H and O–H groups in total. The molecule has 0 spiro atoms. The van der Waals surface area contributed by atoms with Crippen molar-refractivity contribution >= 4 is 6.29 Å². The van der Waals surface area contributed by atoms with Crippen molar-refractivity contribution in [1.82, 2.24) is 0 Å². The Hall–Kier alpha value is -0.790. The van der Waals surface area contributed by atoms with Crippen LogP contribution in [-0.2, 0) is 4.79 Å². The zero-order chi connectivity index (χ0) is 16.9. The van der Waals surface area contributed by atoms with Crippen LogP contribution in [0.1, 0.15) is 52.4 Å². The van der Waals surface area contributed by atoms with Crippen LogP contribution >= 0.6 is 0 Å². The highest BCUT2D eigenvalue weighted by molar-refractivity contribution is 5.48. The van der Waals surface area contributed by atoms with Crippen LogP contribution in [0.25, 0.3) is 0 Å². The first-order valence-corrected chi connectivity index (χ1v) is 6.56. The van der Waals surface area contributed by atoms with Crippen LogP contribution in [0, 0.1) is 5.41 Å². The third-order valence-electron chi connectivity index (χ3n) is 3.51. The van der Waals surface area contributed by atoms with Gasteiger partial charge >= 0.3 is 12.4 Å².